The minimum Gasteiger partial charge on any atom is -0.206 e. The summed E-state index contributed by atoms with van der Waals surface area (Å²) in [6.45, 7) is 2.31. The van der Waals surface area contributed by atoms with Crippen molar-refractivity contribution in [2.75, 3.05) is 0 Å². The maximum absolute atomic E-state index is 14.8. The van der Waals surface area contributed by atoms with Gasteiger partial charge in [0.2, 0.25) is 0 Å². The first-order valence-electron chi connectivity index (χ1n) is 12.8. The predicted molar refractivity (Wildman–Crippen MR) is 131 cm³/mol. The lowest BCUT2D eigenvalue weighted by Crippen LogP contribution is -2.17. The average molecular weight is 459 g/mol. The minimum atomic E-state index is -0.514. The Kier molecular flexibility index (Phi) is 8.27. The zero-order chi connectivity index (χ0) is 22.5. The summed E-state index contributed by atoms with van der Waals surface area (Å²) < 4.78 is 28.6. The Morgan fingerprint density at radius 2 is 1.31 bits per heavy atom. The van der Waals surface area contributed by atoms with E-state index in [1.807, 2.05) is 6.07 Å². The molecule has 0 bridgehead atoms. The van der Waals surface area contributed by atoms with Crippen molar-refractivity contribution in [3.05, 3.63) is 58.6 Å². The summed E-state index contributed by atoms with van der Waals surface area (Å²) >= 11 is 5.76. The molecule has 0 atom stereocenters. The topological polar surface area (TPSA) is 0 Å². The molecular weight excluding hydrogens is 422 g/mol. The highest BCUT2D eigenvalue weighted by Crippen LogP contribution is 2.41. The molecule has 0 saturated heterocycles. The standard InChI is InChI=1S/C29H37ClF2/c1-2-3-20-4-6-21(7-5-20)8-9-22-10-12-23(13-11-22)24-14-16-26(28(31)18-24)25-15-17-27(30)29(32)19-25/h14-23H,2-13H2,1H3/t20-,21-,22-,23-. The van der Waals surface area contributed by atoms with Gasteiger partial charge < -0.3 is 0 Å². The number of hydrogen-bond acceptors (Lipinski definition) is 0. The Bertz CT molecular complexity index is 877. The molecule has 0 aromatic heterocycles. The number of hydrogen-bond donors (Lipinski definition) is 0. The van der Waals surface area contributed by atoms with E-state index in [0.717, 1.165) is 36.2 Å². The third-order valence-electron chi connectivity index (χ3n) is 8.19. The van der Waals surface area contributed by atoms with Crippen LogP contribution < -0.4 is 0 Å². The van der Waals surface area contributed by atoms with Gasteiger partial charge in [-0.2, -0.15) is 0 Å². The molecule has 0 radical (unpaired) electrons. The molecule has 2 aliphatic carbocycles. The molecule has 0 unspecified atom stereocenters. The minimum absolute atomic E-state index is 0.0618. The van der Waals surface area contributed by atoms with Crippen LogP contribution in [-0.2, 0) is 0 Å². The zero-order valence-corrected chi connectivity index (χ0v) is 20.1. The van der Waals surface area contributed by atoms with Crippen LogP contribution >= 0.6 is 11.6 Å². The van der Waals surface area contributed by atoms with Crippen LogP contribution in [0.3, 0.4) is 0 Å². The van der Waals surface area contributed by atoms with E-state index in [4.69, 9.17) is 11.6 Å². The van der Waals surface area contributed by atoms with Gasteiger partial charge in [0.05, 0.1) is 5.02 Å². The fourth-order valence-corrected chi connectivity index (χ4v) is 6.27. The Morgan fingerprint density at radius 3 is 1.88 bits per heavy atom. The highest BCUT2D eigenvalue weighted by molar-refractivity contribution is 6.30. The summed E-state index contributed by atoms with van der Waals surface area (Å²) in [6, 6.07) is 9.96. The van der Waals surface area contributed by atoms with Gasteiger partial charge in [-0.1, -0.05) is 88.1 Å². The Labute approximate surface area is 197 Å². The van der Waals surface area contributed by atoms with Crippen molar-refractivity contribution in [1.29, 1.82) is 0 Å². The Morgan fingerprint density at radius 1 is 0.719 bits per heavy atom. The van der Waals surface area contributed by atoms with Crippen LogP contribution in [0.15, 0.2) is 36.4 Å². The van der Waals surface area contributed by atoms with E-state index in [2.05, 4.69) is 6.92 Å². The van der Waals surface area contributed by atoms with Gasteiger partial charge in [0.15, 0.2) is 0 Å². The van der Waals surface area contributed by atoms with Gasteiger partial charge in [-0.05, 0) is 78.7 Å². The fraction of sp³-hybridized carbons (Fsp3) is 0.586. The molecule has 0 N–H and O–H groups in total. The van der Waals surface area contributed by atoms with E-state index >= 15 is 0 Å². The molecular formula is C29H37ClF2. The first kappa shape index (κ1) is 23.7. The first-order valence-corrected chi connectivity index (χ1v) is 13.2. The molecule has 3 heteroatoms. The second-order valence-corrected chi connectivity index (χ2v) is 10.7. The summed E-state index contributed by atoms with van der Waals surface area (Å²) in [6.07, 6.45) is 16.2. The van der Waals surface area contributed by atoms with Crippen molar-refractivity contribution in [2.45, 2.75) is 89.9 Å². The molecule has 0 aliphatic heterocycles. The second kappa shape index (κ2) is 11.1. The zero-order valence-electron chi connectivity index (χ0n) is 19.4. The van der Waals surface area contributed by atoms with Crippen molar-refractivity contribution in [3.63, 3.8) is 0 Å². The Balaban J connectivity index is 1.26. The van der Waals surface area contributed by atoms with Gasteiger partial charge in [0.25, 0.3) is 0 Å². The summed E-state index contributed by atoms with van der Waals surface area (Å²) in [5.74, 6) is 2.46. The van der Waals surface area contributed by atoms with Gasteiger partial charge in [0, 0.05) is 5.56 Å². The molecule has 4 rings (SSSR count). The summed E-state index contributed by atoms with van der Waals surface area (Å²) in [5.41, 5.74) is 2.06. The lowest BCUT2D eigenvalue weighted by Gasteiger charge is -2.32. The summed E-state index contributed by atoms with van der Waals surface area (Å²) in [4.78, 5) is 0. The quantitative estimate of drug-likeness (QED) is 0.387. The van der Waals surface area contributed by atoms with Crippen LogP contribution in [0, 0.1) is 29.4 Å². The summed E-state index contributed by atoms with van der Waals surface area (Å²) in [5, 5.41) is 0.0618. The lowest BCUT2D eigenvalue weighted by atomic mass is 9.74. The molecule has 2 fully saturated rings. The summed E-state index contributed by atoms with van der Waals surface area (Å²) in [7, 11) is 0. The number of benzene rings is 2. The van der Waals surface area contributed by atoms with Crippen LogP contribution in [0.5, 0.6) is 0 Å². The van der Waals surface area contributed by atoms with Crippen molar-refractivity contribution in [1.82, 2.24) is 0 Å². The van der Waals surface area contributed by atoms with Gasteiger partial charge in [-0.25, -0.2) is 8.78 Å². The van der Waals surface area contributed by atoms with Gasteiger partial charge in [0.1, 0.15) is 11.6 Å². The highest BCUT2D eigenvalue weighted by atomic mass is 35.5. The van der Waals surface area contributed by atoms with Crippen molar-refractivity contribution in [3.8, 4) is 11.1 Å². The van der Waals surface area contributed by atoms with Crippen molar-refractivity contribution < 1.29 is 8.78 Å². The maximum Gasteiger partial charge on any atom is 0.142 e. The van der Waals surface area contributed by atoms with Crippen molar-refractivity contribution >= 4 is 11.6 Å². The van der Waals surface area contributed by atoms with E-state index in [-0.39, 0.29) is 10.8 Å². The molecule has 0 heterocycles. The molecule has 2 aliphatic rings. The molecule has 0 amide bonds. The third-order valence-corrected chi connectivity index (χ3v) is 8.49. The second-order valence-electron chi connectivity index (χ2n) is 10.3. The number of halogens is 3. The van der Waals surface area contributed by atoms with Crippen LogP contribution in [0.2, 0.25) is 5.02 Å². The van der Waals surface area contributed by atoms with E-state index in [0.29, 0.717) is 17.0 Å². The normalized spacial score (nSPS) is 26.2. The van der Waals surface area contributed by atoms with E-state index < -0.39 is 5.82 Å². The molecule has 0 spiro atoms. The van der Waals surface area contributed by atoms with E-state index in [1.54, 1.807) is 18.2 Å². The van der Waals surface area contributed by atoms with Gasteiger partial charge >= 0.3 is 0 Å². The lowest BCUT2D eigenvalue weighted by molar-refractivity contribution is 0.224. The molecule has 32 heavy (non-hydrogen) atoms. The predicted octanol–water partition coefficient (Wildman–Crippen LogP) is 9.95. The smallest absolute Gasteiger partial charge is 0.142 e. The third kappa shape index (κ3) is 5.93. The van der Waals surface area contributed by atoms with Crippen LogP contribution in [0.25, 0.3) is 11.1 Å². The first-order chi connectivity index (χ1) is 15.5. The van der Waals surface area contributed by atoms with E-state index in [1.165, 1.54) is 76.3 Å². The monoisotopic (exact) mass is 458 g/mol. The Hall–Kier alpha value is -1.41. The van der Waals surface area contributed by atoms with Gasteiger partial charge in [-0.3, -0.25) is 0 Å². The van der Waals surface area contributed by atoms with Gasteiger partial charge in [-0.15, -0.1) is 0 Å². The van der Waals surface area contributed by atoms with E-state index in [9.17, 15) is 8.78 Å². The largest absolute Gasteiger partial charge is 0.206 e. The highest BCUT2D eigenvalue weighted by Gasteiger charge is 2.25. The SMILES string of the molecule is CCC[C@H]1CC[C@H](CC[C@H]2CC[C@H](c3ccc(-c4ccc(Cl)c(F)c4)c(F)c3)CC2)CC1. The molecule has 2 aromatic carbocycles. The van der Waals surface area contributed by atoms with Crippen LogP contribution in [0.1, 0.15) is 95.5 Å². The van der Waals surface area contributed by atoms with Crippen LogP contribution in [-0.4, -0.2) is 0 Å². The van der Waals surface area contributed by atoms with Crippen molar-refractivity contribution in [2.24, 2.45) is 17.8 Å². The maximum atomic E-state index is 14.8. The molecule has 0 nitrogen and oxygen atoms in total. The molecule has 2 saturated carbocycles. The number of rotatable bonds is 7. The van der Waals surface area contributed by atoms with Crippen LogP contribution in [0.4, 0.5) is 8.78 Å². The fourth-order valence-electron chi connectivity index (χ4n) is 6.16. The molecule has 174 valence electrons. The average Bonchev–Trinajstić information content (AvgIpc) is 2.81. The molecule has 2 aromatic rings.